The minimum absolute atomic E-state index is 0.0152. The van der Waals surface area contributed by atoms with Gasteiger partial charge in [0.25, 0.3) is 0 Å². The molecule has 0 aromatic heterocycles. The van der Waals surface area contributed by atoms with Crippen molar-refractivity contribution in [2.45, 2.75) is 162 Å². The van der Waals surface area contributed by atoms with Crippen molar-refractivity contribution in [3.63, 3.8) is 0 Å². The van der Waals surface area contributed by atoms with Crippen molar-refractivity contribution in [1.29, 1.82) is 0 Å². The molecule has 55 heavy (non-hydrogen) atoms. The van der Waals surface area contributed by atoms with Crippen LogP contribution >= 0.6 is 0 Å². The third-order valence-electron chi connectivity index (χ3n) is 13.8. The summed E-state index contributed by atoms with van der Waals surface area (Å²) in [4.78, 5) is 18.9. The molecule has 4 saturated carbocycles. The number of aliphatic hydroxyl groups is 3. The lowest BCUT2D eigenvalue weighted by Crippen LogP contribution is -2.59. The predicted octanol–water partition coefficient (Wildman–Crippen LogP) is 4.46. The summed E-state index contributed by atoms with van der Waals surface area (Å²) in [5, 5.41) is 50.7. The lowest BCUT2D eigenvalue weighted by molar-refractivity contribution is -0.167. The van der Waals surface area contributed by atoms with Gasteiger partial charge in [-0.15, -0.1) is 0 Å². The van der Waals surface area contributed by atoms with E-state index in [2.05, 4.69) is 31.4 Å². The quantitative estimate of drug-likeness (QED) is 0.0686. The molecule has 15 heteroatoms. The average molecular weight is 808 g/mol. The van der Waals surface area contributed by atoms with E-state index >= 15 is 0 Å². The van der Waals surface area contributed by atoms with Crippen LogP contribution in [-0.4, -0.2) is 107 Å². The average Bonchev–Trinajstić information content (AvgIpc) is 3.45. The smallest absolute Gasteiger partial charge is 0.397 e. The monoisotopic (exact) mass is 808 g/mol. The summed E-state index contributed by atoms with van der Waals surface area (Å²) < 4.78 is 37.1. The number of fused-ring (bicyclic) bond motifs is 5. The molecule has 0 saturated heterocycles. The van der Waals surface area contributed by atoms with Crippen molar-refractivity contribution in [2.75, 3.05) is 26.2 Å². The summed E-state index contributed by atoms with van der Waals surface area (Å²) >= 11 is 0. The molecule has 4 aliphatic rings. The molecule has 13 atom stereocenters. The van der Waals surface area contributed by atoms with E-state index in [0.29, 0.717) is 53.4 Å². The number of unbranched alkanes of at least 4 members (excludes halogenated alkanes) is 1. The highest BCUT2D eigenvalue weighted by atomic mass is 32.3. The topological polar surface area (TPSA) is 249 Å². The number of hydrogen-bond donors (Lipinski definition) is 9. The zero-order valence-electron chi connectivity index (χ0n) is 34.7. The van der Waals surface area contributed by atoms with Crippen LogP contribution in [0, 0.1) is 52.3 Å². The zero-order chi connectivity index (χ0) is 41.7. The molecule has 0 bridgehead atoms. The van der Waals surface area contributed by atoms with Crippen molar-refractivity contribution in [3.8, 4) is 0 Å². The van der Waals surface area contributed by atoms with Gasteiger partial charge in [0.05, 0.1) is 12.2 Å². The van der Waals surface area contributed by atoms with Gasteiger partial charge >= 0.3 is 22.3 Å². The van der Waals surface area contributed by atoms with Crippen LogP contribution in [0.4, 0.5) is 0 Å². The summed E-state index contributed by atoms with van der Waals surface area (Å²) in [5.74, 6) is 0.842. The molecule has 0 aromatic rings. The van der Waals surface area contributed by atoms with Gasteiger partial charge in [-0.2, -0.15) is 8.42 Å². The number of aliphatic hydroxyl groups excluding tert-OH is 3. The Morgan fingerprint density at radius 1 is 0.818 bits per heavy atom. The van der Waals surface area contributed by atoms with Crippen molar-refractivity contribution < 1.29 is 52.3 Å². The lowest BCUT2D eigenvalue weighted by Gasteiger charge is -2.62. The summed E-state index contributed by atoms with van der Waals surface area (Å²) in [5.41, 5.74) is 6.13. The van der Waals surface area contributed by atoms with E-state index in [4.69, 9.17) is 30.3 Å². The molecule has 0 radical (unpaired) electrons. The number of carboxylic acids is 2. The maximum atomic E-state index is 11.8. The van der Waals surface area contributed by atoms with Gasteiger partial charge in [-0.05, 0) is 176 Å². The Balaban J connectivity index is 0.000000754. The van der Waals surface area contributed by atoms with E-state index in [1.807, 2.05) is 13.8 Å². The lowest BCUT2D eigenvalue weighted by atomic mass is 9.43. The fraction of sp³-hybridized carbons (Fsp3) is 0.950. The number of aliphatic carboxylic acids is 2. The molecule has 4 fully saturated rings. The predicted molar refractivity (Wildman–Crippen MR) is 212 cm³/mol. The molecule has 0 aromatic carbocycles. The highest BCUT2D eigenvalue weighted by molar-refractivity contribution is 7.80. The minimum atomic E-state index is -4.45. The molecule has 0 aliphatic heterocycles. The Morgan fingerprint density at radius 3 is 1.93 bits per heavy atom. The number of hydrogen-bond acceptors (Lipinski definition) is 11. The second-order valence-corrected chi connectivity index (χ2v) is 19.0. The molecular formula is C40H77N3O11S. The first-order valence-corrected chi connectivity index (χ1v) is 22.2. The van der Waals surface area contributed by atoms with Crippen molar-refractivity contribution in [2.24, 2.45) is 58.0 Å². The van der Waals surface area contributed by atoms with Gasteiger partial charge in [0, 0.05) is 6.04 Å². The maximum absolute atomic E-state index is 11.8. The van der Waals surface area contributed by atoms with Crippen LogP contribution in [0.3, 0.4) is 0 Å². The molecule has 324 valence electrons. The molecule has 10 N–H and O–H groups in total. The number of rotatable bonds is 18. The molecule has 0 heterocycles. The van der Waals surface area contributed by atoms with Gasteiger partial charge in [-0.25, -0.2) is 13.8 Å². The third kappa shape index (κ3) is 14.7. The number of carboxylic acid groups (broad SMARTS) is 2. The Kier molecular flexibility index (Phi) is 20.5. The van der Waals surface area contributed by atoms with Crippen LogP contribution in [0.25, 0.3) is 0 Å². The minimum Gasteiger partial charge on any atom is -0.479 e. The van der Waals surface area contributed by atoms with E-state index in [0.717, 1.165) is 58.3 Å². The maximum Gasteiger partial charge on any atom is 0.397 e. The second kappa shape index (κ2) is 22.6. The Labute approximate surface area is 331 Å². The molecular weight excluding hydrogens is 731 g/mol. The first-order valence-electron chi connectivity index (χ1n) is 20.9. The first-order chi connectivity index (χ1) is 25.6. The van der Waals surface area contributed by atoms with Crippen LogP contribution in [0.1, 0.15) is 132 Å². The highest BCUT2D eigenvalue weighted by Gasteiger charge is 2.62. The van der Waals surface area contributed by atoms with E-state index in [9.17, 15) is 27.7 Å². The zero-order valence-corrected chi connectivity index (χ0v) is 35.5. The van der Waals surface area contributed by atoms with Crippen molar-refractivity contribution >= 4 is 22.3 Å². The van der Waals surface area contributed by atoms with Crippen LogP contribution in [0.5, 0.6) is 0 Å². The Hall–Kier alpha value is -1.43. The van der Waals surface area contributed by atoms with E-state index in [-0.39, 0.29) is 17.4 Å². The Morgan fingerprint density at radius 2 is 1.38 bits per heavy atom. The first kappa shape index (κ1) is 49.7. The molecule has 0 amide bonds. The van der Waals surface area contributed by atoms with Gasteiger partial charge in [0.15, 0.2) is 0 Å². The van der Waals surface area contributed by atoms with E-state index in [1.165, 1.54) is 58.8 Å². The number of carbonyl (C=O) groups is 2. The molecule has 4 rings (SSSR count). The van der Waals surface area contributed by atoms with Gasteiger partial charge in [-0.3, -0.25) is 4.55 Å². The number of nitrogens with one attached hydrogen (secondary N) is 2. The Bertz CT molecular complexity index is 1250. The molecule has 4 aliphatic carbocycles. The van der Waals surface area contributed by atoms with E-state index in [1.54, 1.807) is 0 Å². The summed E-state index contributed by atoms with van der Waals surface area (Å²) in [7, 11) is -4.45. The third-order valence-corrected chi connectivity index (χ3v) is 14.3. The SMILES string of the molecule is CC(C)[C@@H](CC[C@@H](C)[C@H]1CC[C@H]2[C@@H]3[C@H](O)C[C@H]4C[C@@H](NCCCNCCCCN)CC[C@]4(C)[C@H]3CC[C@]12C)OS(=O)(=O)O.C[C@H](O)C(=O)O.C[C@H](O)C(=O)O. The van der Waals surface area contributed by atoms with Gasteiger partial charge in [0.2, 0.25) is 0 Å². The van der Waals surface area contributed by atoms with Gasteiger partial charge in [0.1, 0.15) is 12.2 Å². The molecule has 0 spiro atoms. The largest absolute Gasteiger partial charge is 0.479 e. The summed E-state index contributed by atoms with van der Waals surface area (Å²) in [6.45, 7) is 17.7. The van der Waals surface area contributed by atoms with Gasteiger partial charge in [-0.1, -0.05) is 34.6 Å². The van der Waals surface area contributed by atoms with E-state index < -0.39 is 40.6 Å². The molecule has 14 nitrogen and oxygen atoms in total. The highest BCUT2D eigenvalue weighted by Crippen LogP contribution is 2.68. The number of nitrogens with two attached hydrogens (primary N) is 1. The fourth-order valence-corrected chi connectivity index (χ4v) is 11.3. The van der Waals surface area contributed by atoms with Crippen molar-refractivity contribution in [1.82, 2.24) is 10.6 Å². The summed E-state index contributed by atoms with van der Waals surface area (Å²) in [6, 6.07) is 0.573. The van der Waals surface area contributed by atoms with Gasteiger partial charge < -0.3 is 41.9 Å². The van der Waals surface area contributed by atoms with Crippen LogP contribution in [-0.2, 0) is 24.2 Å². The van der Waals surface area contributed by atoms with Crippen molar-refractivity contribution in [3.05, 3.63) is 0 Å². The summed E-state index contributed by atoms with van der Waals surface area (Å²) in [6.07, 6.45) is 11.3. The van der Waals surface area contributed by atoms with Crippen LogP contribution < -0.4 is 16.4 Å². The van der Waals surface area contributed by atoms with Crippen LogP contribution in [0.2, 0.25) is 0 Å². The van der Waals surface area contributed by atoms with Crippen LogP contribution in [0.15, 0.2) is 0 Å². The standard InChI is InChI=1S/C34H65N3O5S.2C3H6O3/c1-23(2)31(42-43(39,40)41)12-9-24(3)27-10-11-28-32-29(14-16-34(27,28)5)33(4)15-13-26(21-25(33)22-30(32)38)37-20-8-19-36-18-7-6-17-35;2*1-2(4)3(5)6/h23-32,36-38H,6-22,35H2,1-5H3,(H,39,40,41);2*2,4H,1H3,(H,5,6)/t24-,25-,26+,27-,28+,29+,30-,31-,32+,33+,34-;2*2-/m100/s1. The fourth-order valence-electron chi connectivity index (χ4n) is 10.7. The second-order valence-electron chi connectivity index (χ2n) is 17.9. The molecule has 0 unspecified atom stereocenters. The normalized spacial score (nSPS) is 33.7.